The van der Waals surface area contributed by atoms with Gasteiger partial charge in [-0.3, -0.25) is 4.57 Å². The molecule has 5 rings (SSSR count). The Kier molecular flexibility index (Phi) is 5.96. The van der Waals surface area contributed by atoms with Crippen molar-refractivity contribution in [1.29, 1.82) is 0 Å². The van der Waals surface area contributed by atoms with E-state index >= 15 is 0 Å². The number of aromatic nitrogens is 4. The van der Waals surface area contributed by atoms with Gasteiger partial charge in [0.2, 0.25) is 11.9 Å². The lowest BCUT2D eigenvalue weighted by Crippen LogP contribution is -2.22. The molecule has 0 saturated heterocycles. The highest BCUT2D eigenvalue weighted by atomic mass is 16.3. The fraction of sp³-hybridized carbons (Fsp3) is 0.346. The van der Waals surface area contributed by atoms with Gasteiger partial charge in [-0.05, 0) is 56.7 Å². The molecular formula is C26H30N6O. The van der Waals surface area contributed by atoms with Gasteiger partial charge >= 0.3 is 0 Å². The lowest BCUT2D eigenvalue weighted by molar-refractivity contribution is 0.112. The summed E-state index contributed by atoms with van der Waals surface area (Å²) >= 11 is 0. The first-order chi connectivity index (χ1) is 16.1. The molecule has 0 radical (unpaired) electrons. The normalized spacial score (nSPS) is 19.4. The van der Waals surface area contributed by atoms with E-state index < -0.39 is 0 Å². The minimum Gasteiger partial charge on any atom is -0.393 e. The Balaban J connectivity index is 1.52. The second kappa shape index (κ2) is 9.19. The van der Waals surface area contributed by atoms with E-state index in [1.54, 1.807) is 6.20 Å². The Morgan fingerprint density at radius 2 is 1.70 bits per heavy atom. The summed E-state index contributed by atoms with van der Waals surface area (Å²) < 4.78 is 2.20. The minimum atomic E-state index is -0.220. The van der Waals surface area contributed by atoms with Crippen LogP contribution in [-0.4, -0.2) is 30.7 Å². The average molecular weight is 443 g/mol. The Bertz CT molecular complexity index is 1230. The number of para-hydroxylation sites is 1. The van der Waals surface area contributed by atoms with Gasteiger partial charge in [0.05, 0.1) is 18.3 Å². The number of hydrogen-bond donors (Lipinski definition) is 3. The SMILES string of the molecule is Cc1ccccc1Nc1nc2cnc(NC(C)c3ccccc3)nc2n1C1CCC(O)CC1. The van der Waals surface area contributed by atoms with E-state index in [-0.39, 0.29) is 18.2 Å². The second-order valence-electron chi connectivity index (χ2n) is 8.89. The molecule has 1 fully saturated rings. The van der Waals surface area contributed by atoms with Gasteiger partial charge < -0.3 is 15.7 Å². The zero-order valence-electron chi connectivity index (χ0n) is 19.1. The van der Waals surface area contributed by atoms with Gasteiger partial charge in [0.1, 0.15) is 5.52 Å². The molecule has 4 aromatic rings. The zero-order chi connectivity index (χ0) is 22.8. The molecule has 1 aliphatic rings. The first kappa shape index (κ1) is 21.4. The molecule has 2 aromatic heterocycles. The summed E-state index contributed by atoms with van der Waals surface area (Å²) in [4.78, 5) is 14.3. The number of nitrogens with one attached hydrogen (secondary N) is 2. The molecule has 0 bridgehead atoms. The number of benzene rings is 2. The molecule has 1 unspecified atom stereocenters. The van der Waals surface area contributed by atoms with Crippen molar-refractivity contribution in [2.75, 3.05) is 10.6 Å². The van der Waals surface area contributed by atoms with E-state index in [1.165, 1.54) is 5.56 Å². The van der Waals surface area contributed by atoms with Crippen LogP contribution in [0.2, 0.25) is 0 Å². The molecule has 1 aliphatic carbocycles. The monoisotopic (exact) mass is 442 g/mol. The lowest BCUT2D eigenvalue weighted by Gasteiger charge is -2.28. The molecule has 33 heavy (non-hydrogen) atoms. The van der Waals surface area contributed by atoms with Crippen LogP contribution in [0.3, 0.4) is 0 Å². The summed E-state index contributed by atoms with van der Waals surface area (Å²) in [5.41, 5.74) is 4.92. The number of rotatable bonds is 6. The molecule has 0 amide bonds. The standard InChI is InChI=1S/C26H30N6O/c1-17-8-6-7-11-22(17)29-26-30-23-16-27-25(28-18(2)19-9-4-3-5-10-19)31-24(23)32(26)20-12-14-21(33)15-13-20/h3-11,16,18,20-21,33H,12-15H2,1-2H3,(H,29,30)(H,27,28,31). The number of nitrogens with zero attached hydrogens (tertiary/aromatic N) is 4. The Labute approximate surface area is 193 Å². The van der Waals surface area contributed by atoms with Crippen molar-refractivity contribution in [1.82, 2.24) is 19.5 Å². The topological polar surface area (TPSA) is 87.9 Å². The van der Waals surface area contributed by atoms with E-state index in [0.29, 0.717) is 5.95 Å². The van der Waals surface area contributed by atoms with Gasteiger partial charge in [0, 0.05) is 11.7 Å². The van der Waals surface area contributed by atoms with Crippen LogP contribution in [0.25, 0.3) is 11.2 Å². The predicted molar refractivity (Wildman–Crippen MR) is 132 cm³/mol. The van der Waals surface area contributed by atoms with Crippen LogP contribution in [0.4, 0.5) is 17.6 Å². The van der Waals surface area contributed by atoms with Gasteiger partial charge in [-0.25, -0.2) is 9.97 Å². The third-order valence-electron chi connectivity index (χ3n) is 6.50. The fourth-order valence-corrected chi connectivity index (χ4v) is 4.56. The molecule has 2 heterocycles. The van der Waals surface area contributed by atoms with Crippen molar-refractivity contribution < 1.29 is 5.11 Å². The van der Waals surface area contributed by atoms with E-state index in [1.807, 2.05) is 30.3 Å². The summed E-state index contributed by atoms with van der Waals surface area (Å²) in [5, 5.41) is 17.0. The Morgan fingerprint density at radius 1 is 0.970 bits per heavy atom. The number of fused-ring (bicyclic) bond motifs is 1. The molecule has 7 nitrogen and oxygen atoms in total. The summed E-state index contributed by atoms with van der Waals surface area (Å²) in [5.74, 6) is 1.35. The quantitative estimate of drug-likeness (QED) is 0.364. The number of aliphatic hydroxyl groups is 1. The predicted octanol–water partition coefficient (Wildman–Crippen LogP) is 5.53. The second-order valence-corrected chi connectivity index (χ2v) is 8.89. The number of imidazole rings is 1. The lowest BCUT2D eigenvalue weighted by atomic mass is 9.93. The van der Waals surface area contributed by atoms with Crippen LogP contribution in [0.1, 0.15) is 55.8 Å². The molecule has 3 N–H and O–H groups in total. The number of anilines is 3. The molecule has 0 spiro atoms. The smallest absolute Gasteiger partial charge is 0.225 e. The largest absolute Gasteiger partial charge is 0.393 e. The molecule has 0 aliphatic heterocycles. The summed E-state index contributed by atoms with van der Waals surface area (Å²) in [6.07, 6.45) is 4.93. The van der Waals surface area contributed by atoms with Gasteiger partial charge in [-0.1, -0.05) is 48.5 Å². The summed E-state index contributed by atoms with van der Waals surface area (Å²) in [7, 11) is 0. The maximum Gasteiger partial charge on any atom is 0.225 e. The van der Waals surface area contributed by atoms with Crippen LogP contribution in [0.5, 0.6) is 0 Å². The molecule has 1 atom stereocenters. The van der Waals surface area contributed by atoms with Gasteiger partial charge in [-0.15, -0.1) is 0 Å². The zero-order valence-corrected chi connectivity index (χ0v) is 19.1. The Morgan fingerprint density at radius 3 is 2.45 bits per heavy atom. The van der Waals surface area contributed by atoms with E-state index in [2.05, 4.69) is 58.3 Å². The first-order valence-corrected chi connectivity index (χ1v) is 11.7. The van der Waals surface area contributed by atoms with Gasteiger partial charge in [0.15, 0.2) is 5.65 Å². The van der Waals surface area contributed by atoms with Crippen LogP contribution >= 0.6 is 0 Å². The fourth-order valence-electron chi connectivity index (χ4n) is 4.56. The third kappa shape index (κ3) is 4.54. The Hall–Kier alpha value is -3.45. The highest BCUT2D eigenvalue weighted by Gasteiger charge is 2.26. The molecule has 7 heteroatoms. The van der Waals surface area contributed by atoms with Crippen LogP contribution < -0.4 is 10.6 Å². The van der Waals surface area contributed by atoms with Gasteiger partial charge in [-0.2, -0.15) is 4.98 Å². The molecule has 170 valence electrons. The van der Waals surface area contributed by atoms with E-state index in [9.17, 15) is 5.11 Å². The number of hydrogen-bond acceptors (Lipinski definition) is 6. The van der Waals surface area contributed by atoms with Gasteiger partial charge in [0.25, 0.3) is 0 Å². The van der Waals surface area contributed by atoms with Crippen molar-refractivity contribution in [3.63, 3.8) is 0 Å². The van der Waals surface area contributed by atoms with Crippen LogP contribution in [-0.2, 0) is 0 Å². The van der Waals surface area contributed by atoms with Crippen molar-refractivity contribution in [2.24, 2.45) is 0 Å². The molecular weight excluding hydrogens is 412 g/mol. The van der Waals surface area contributed by atoms with Crippen LogP contribution in [0.15, 0.2) is 60.8 Å². The number of aryl methyl sites for hydroxylation is 1. The molecule has 1 saturated carbocycles. The van der Waals surface area contributed by atoms with E-state index in [0.717, 1.165) is 54.0 Å². The third-order valence-corrected chi connectivity index (χ3v) is 6.50. The van der Waals surface area contributed by atoms with Crippen molar-refractivity contribution in [2.45, 2.75) is 57.7 Å². The van der Waals surface area contributed by atoms with Crippen molar-refractivity contribution in [3.05, 3.63) is 71.9 Å². The minimum absolute atomic E-state index is 0.0782. The van der Waals surface area contributed by atoms with Crippen molar-refractivity contribution >= 4 is 28.7 Å². The molecule has 2 aromatic carbocycles. The van der Waals surface area contributed by atoms with Crippen molar-refractivity contribution in [3.8, 4) is 0 Å². The van der Waals surface area contributed by atoms with Crippen LogP contribution in [0, 0.1) is 6.92 Å². The first-order valence-electron chi connectivity index (χ1n) is 11.7. The highest BCUT2D eigenvalue weighted by molar-refractivity contribution is 5.77. The highest BCUT2D eigenvalue weighted by Crippen LogP contribution is 2.35. The maximum atomic E-state index is 10.1. The summed E-state index contributed by atoms with van der Waals surface area (Å²) in [6, 6.07) is 18.8. The number of aliphatic hydroxyl groups excluding tert-OH is 1. The maximum absolute atomic E-state index is 10.1. The van der Waals surface area contributed by atoms with E-state index in [4.69, 9.17) is 9.97 Å². The average Bonchev–Trinajstić information content (AvgIpc) is 3.19. The summed E-state index contributed by atoms with van der Waals surface area (Å²) in [6.45, 7) is 4.19.